The van der Waals surface area contributed by atoms with Crippen LogP contribution < -0.4 is 5.32 Å². The van der Waals surface area contributed by atoms with E-state index in [-0.39, 0.29) is 17.6 Å². The minimum Gasteiger partial charge on any atom is -0.393 e. The van der Waals surface area contributed by atoms with Crippen LogP contribution in [-0.4, -0.2) is 66.8 Å². The lowest BCUT2D eigenvalue weighted by Gasteiger charge is -2.28. The van der Waals surface area contributed by atoms with Crippen molar-refractivity contribution in [3.63, 3.8) is 0 Å². The summed E-state index contributed by atoms with van der Waals surface area (Å²) in [5.41, 5.74) is -0.0780. The monoisotopic (exact) mass is 299 g/mol. The minimum absolute atomic E-state index is 0.0373. The Morgan fingerprint density at radius 1 is 1.52 bits per heavy atom. The predicted molar refractivity (Wildman–Crippen MR) is 86.3 cm³/mol. The van der Waals surface area contributed by atoms with Crippen LogP contribution >= 0.6 is 0 Å². The first kappa shape index (κ1) is 18.2. The SMILES string of the molecule is CCN(C)CC1CCN(C(=O)NCC(C)(C)CC(C)O)C1. The van der Waals surface area contributed by atoms with Crippen LogP contribution in [0.25, 0.3) is 0 Å². The second kappa shape index (κ2) is 7.99. The quantitative estimate of drug-likeness (QED) is 0.753. The summed E-state index contributed by atoms with van der Waals surface area (Å²) in [4.78, 5) is 16.4. The van der Waals surface area contributed by atoms with E-state index in [9.17, 15) is 9.90 Å². The summed E-state index contributed by atoms with van der Waals surface area (Å²) in [6.45, 7) is 12.5. The molecule has 124 valence electrons. The van der Waals surface area contributed by atoms with Gasteiger partial charge < -0.3 is 20.2 Å². The van der Waals surface area contributed by atoms with Gasteiger partial charge in [0.15, 0.2) is 0 Å². The maximum absolute atomic E-state index is 12.2. The molecule has 0 aliphatic carbocycles. The van der Waals surface area contributed by atoms with Gasteiger partial charge >= 0.3 is 6.03 Å². The third-order valence-corrected chi connectivity index (χ3v) is 4.25. The molecular formula is C16H33N3O2. The number of carbonyl (C=O) groups is 1. The molecule has 0 aromatic heterocycles. The zero-order valence-corrected chi connectivity index (χ0v) is 14.4. The number of rotatable bonds is 7. The molecule has 0 spiro atoms. The van der Waals surface area contributed by atoms with Gasteiger partial charge in [-0.3, -0.25) is 0 Å². The van der Waals surface area contributed by atoms with Crippen molar-refractivity contribution in [1.82, 2.24) is 15.1 Å². The lowest BCUT2D eigenvalue weighted by Crippen LogP contribution is -2.43. The Hall–Kier alpha value is -0.810. The molecular weight excluding hydrogens is 266 g/mol. The van der Waals surface area contributed by atoms with Crippen LogP contribution in [0.15, 0.2) is 0 Å². The van der Waals surface area contributed by atoms with Crippen LogP contribution in [0.1, 0.15) is 40.5 Å². The number of nitrogens with zero attached hydrogens (tertiary/aromatic N) is 2. The van der Waals surface area contributed by atoms with Gasteiger partial charge in [-0.05, 0) is 44.7 Å². The molecule has 1 rings (SSSR count). The Balaban J connectivity index is 2.34. The molecule has 2 unspecified atom stereocenters. The molecule has 0 bridgehead atoms. The van der Waals surface area contributed by atoms with Crippen LogP contribution in [0.3, 0.4) is 0 Å². The standard InChI is InChI=1S/C16H33N3O2/c1-6-18(5)10-14-7-8-19(11-14)15(21)17-12-16(3,4)9-13(2)20/h13-14,20H,6-12H2,1-5H3,(H,17,21). The van der Waals surface area contributed by atoms with Crippen LogP contribution in [0.4, 0.5) is 4.79 Å². The molecule has 1 aliphatic rings. The summed E-state index contributed by atoms with van der Waals surface area (Å²) in [5, 5.41) is 12.5. The highest BCUT2D eigenvalue weighted by Gasteiger charge is 2.28. The van der Waals surface area contributed by atoms with Crippen molar-refractivity contribution < 1.29 is 9.90 Å². The van der Waals surface area contributed by atoms with E-state index in [0.29, 0.717) is 18.9 Å². The molecule has 0 radical (unpaired) electrons. The Kier molecular flexibility index (Phi) is 6.94. The maximum Gasteiger partial charge on any atom is 0.317 e. The number of aliphatic hydroxyl groups excluding tert-OH is 1. The first-order valence-electron chi connectivity index (χ1n) is 8.13. The van der Waals surface area contributed by atoms with Crippen LogP contribution in [-0.2, 0) is 0 Å². The molecule has 0 saturated carbocycles. The summed E-state index contributed by atoms with van der Waals surface area (Å²) in [6, 6.07) is 0.0373. The van der Waals surface area contributed by atoms with Crippen molar-refractivity contribution in [2.24, 2.45) is 11.3 Å². The first-order valence-corrected chi connectivity index (χ1v) is 8.13. The predicted octanol–water partition coefficient (Wildman–Crippen LogP) is 1.77. The average Bonchev–Trinajstić information content (AvgIpc) is 2.83. The lowest BCUT2D eigenvalue weighted by molar-refractivity contribution is 0.127. The molecule has 5 nitrogen and oxygen atoms in total. The van der Waals surface area contributed by atoms with Crippen LogP contribution in [0, 0.1) is 11.3 Å². The number of urea groups is 1. The van der Waals surface area contributed by atoms with Crippen LogP contribution in [0.2, 0.25) is 0 Å². The molecule has 5 heteroatoms. The number of carbonyl (C=O) groups excluding carboxylic acids is 1. The van der Waals surface area contributed by atoms with E-state index in [0.717, 1.165) is 32.6 Å². The van der Waals surface area contributed by atoms with Gasteiger partial charge in [-0.2, -0.15) is 0 Å². The van der Waals surface area contributed by atoms with E-state index < -0.39 is 0 Å². The number of hydrogen-bond donors (Lipinski definition) is 2. The normalized spacial score (nSPS) is 20.9. The van der Waals surface area contributed by atoms with Gasteiger partial charge in [0.2, 0.25) is 0 Å². The van der Waals surface area contributed by atoms with E-state index in [1.165, 1.54) is 0 Å². The van der Waals surface area contributed by atoms with Gasteiger partial charge in [0.05, 0.1) is 6.10 Å². The van der Waals surface area contributed by atoms with Crippen molar-refractivity contribution in [1.29, 1.82) is 0 Å². The van der Waals surface area contributed by atoms with Crippen molar-refractivity contribution in [3.05, 3.63) is 0 Å². The average molecular weight is 299 g/mol. The molecule has 0 aromatic carbocycles. The summed E-state index contributed by atoms with van der Waals surface area (Å²) in [7, 11) is 2.13. The molecule has 1 aliphatic heterocycles. The summed E-state index contributed by atoms with van der Waals surface area (Å²) in [5.74, 6) is 0.589. The highest BCUT2D eigenvalue weighted by molar-refractivity contribution is 5.74. The Morgan fingerprint density at radius 2 is 2.19 bits per heavy atom. The van der Waals surface area contributed by atoms with Gasteiger partial charge in [-0.15, -0.1) is 0 Å². The zero-order valence-electron chi connectivity index (χ0n) is 14.4. The third kappa shape index (κ3) is 6.66. The Morgan fingerprint density at radius 3 is 2.76 bits per heavy atom. The smallest absolute Gasteiger partial charge is 0.317 e. The zero-order chi connectivity index (χ0) is 16.0. The number of nitrogens with one attached hydrogen (secondary N) is 1. The molecule has 1 saturated heterocycles. The summed E-state index contributed by atoms with van der Waals surface area (Å²) < 4.78 is 0. The number of likely N-dealkylation sites (tertiary alicyclic amines) is 1. The van der Waals surface area contributed by atoms with Crippen molar-refractivity contribution in [3.8, 4) is 0 Å². The van der Waals surface area contributed by atoms with Crippen molar-refractivity contribution >= 4 is 6.03 Å². The first-order chi connectivity index (χ1) is 9.73. The highest BCUT2D eigenvalue weighted by Crippen LogP contribution is 2.22. The van der Waals surface area contributed by atoms with Gasteiger partial charge in [-0.25, -0.2) is 4.79 Å². The third-order valence-electron chi connectivity index (χ3n) is 4.25. The van der Waals surface area contributed by atoms with Gasteiger partial charge in [0, 0.05) is 26.2 Å². The Bertz CT molecular complexity index is 331. The van der Waals surface area contributed by atoms with Crippen molar-refractivity contribution in [2.75, 3.05) is 39.8 Å². The van der Waals surface area contributed by atoms with Gasteiger partial charge in [-0.1, -0.05) is 20.8 Å². The fourth-order valence-electron chi connectivity index (χ4n) is 3.03. The second-order valence-electron chi connectivity index (χ2n) is 7.33. The molecule has 1 fully saturated rings. The van der Waals surface area contributed by atoms with Gasteiger partial charge in [0.1, 0.15) is 0 Å². The van der Waals surface area contributed by atoms with E-state index in [1.54, 1.807) is 6.92 Å². The fourth-order valence-corrected chi connectivity index (χ4v) is 3.03. The number of hydrogen-bond acceptors (Lipinski definition) is 3. The molecule has 1 heterocycles. The maximum atomic E-state index is 12.2. The summed E-state index contributed by atoms with van der Waals surface area (Å²) >= 11 is 0. The number of aliphatic hydroxyl groups is 1. The molecule has 21 heavy (non-hydrogen) atoms. The molecule has 2 amide bonds. The van der Waals surface area contributed by atoms with Crippen LogP contribution in [0.5, 0.6) is 0 Å². The minimum atomic E-state index is -0.336. The highest BCUT2D eigenvalue weighted by atomic mass is 16.3. The Labute approximate surface area is 129 Å². The molecule has 0 aromatic rings. The molecule has 2 atom stereocenters. The van der Waals surface area contributed by atoms with E-state index in [4.69, 9.17) is 0 Å². The van der Waals surface area contributed by atoms with E-state index in [1.807, 2.05) is 4.90 Å². The largest absolute Gasteiger partial charge is 0.393 e. The number of amides is 2. The van der Waals surface area contributed by atoms with E-state index in [2.05, 4.69) is 38.0 Å². The topological polar surface area (TPSA) is 55.8 Å². The lowest BCUT2D eigenvalue weighted by atomic mass is 9.87. The van der Waals surface area contributed by atoms with Crippen molar-refractivity contribution in [2.45, 2.75) is 46.6 Å². The fraction of sp³-hybridized carbons (Fsp3) is 0.938. The van der Waals surface area contributed by atoms with Gasteiger partial charge in [0.25, 0.3) is 0 Å². The second-order valence-corrected chi connectivity index (χ2v) is 7.33. The summed E-state index contributed by atoms with van der Waals surface area (Å²) in [6.07, 6.45) is 1.45. The van der Waals surface area contributed by atoms with E-state index >= 15 is 0 Å². The molecule has 2 N–H and O–H groups in total.